The number of carbonyl (C=O) groups is 3. The fraction of sp³-hybridized carbons (Fsp3) is 0.318. The Bertz CT molecular complexity index is 916. The average Bonchev–Trinajstić information content (AvgIpc) is 2.89. The number of ether oxygens (including phenoxy) is 2. The third-order valence-electron chi connectivity index (χ3n) is 4.61. The van der Waals surface area contributed by atoms with Crippen LogP contribution in [-0.4, -0.2) is 44.6 Å². The Morgan fingerprint density at radius 1 is 1.17 bits per heavy atom. The van der Waals surface area contributed by atoms with Gasteiger partial charge in [0.25, 0.3) is 0 Å². The highest BCUT2D eigenvalue weighted by molar-refractivity contribution is 7.99. The summed E-state index contributed by atoms with van der Waals surface area (Å²) in [5.74, 6) is -0.328. The van der Waals surface area contributed by atoms with Crippen molar-refractivity contribution in [2.75, 3.05) is 31.7 Å². The van der Waals surface area contributed by atoms with Crippen LogP contribution in [0.3, 0.4) is 0 Å². The molecule has 2 amide bonds. The topological polar surface area (TPSA) is 84.9 Å². The Kier molecular flexibility index (Phi) is 7.35. The lowest BCUT2D eigenvalue weighted by atomic mass is 10.1. The minimum absolute atomic E-state index is 0.0860. The van der Waals surface area contributed by atoms with Crippen molar-refractivity contribution >= 4 is 35.2 Å². The highest BCUT2D eigenvalue weighted by Crippen LogP contribution is 2.45. The van der Waals surface area contributed by atoms with E-state index >= 15 is 0 Å². The molecule has 158 valence electrons. The van der Waals surface area contributed by atoms with Crippen LogP contribution < -0.4 is 15.0 Å². The molecule has 1 aliphatic rings. The molecule has 0 bridgehead atoms. The van der Waals surface area contributed by atoms with Crippen molar-refractivity contribution in [1.29, 1.82) is 0 Å². The van der Waals surface area contributed by atoms with E-state index < -0.39 is 11.9 Å². The lowest BCUT2D eigenvalue weighted by Gasteiger charge is -2.22. The van der Waals surface area contributed by atoms with E-state index in [-0.39, 0.29) is 37.3 Å². The van der Waals surface area contributed by atoms with Gasteiger partial charge in [-0.25, -0.2) is 0 Å². The van der Waals surface area contributed by atoms with Gasteiger partial charge >= 0.3 is 5.97 Å². The van der Waals surface area contributed by atoms with Crippen LogP contribution in [0, 0.1) is 0 Å². The molecule has 1 atom stereocenters. The average molecular weight is 429 g/mol. The highest BCUT2D eigenvalue weighted by Gasteiger charge is 2.30. The van der Waals surface area contributed by atoms with Crippen LogP contribution in [0.2, 0.25) is 0 Å². The van der Waals surface area contributed by atoms with Gasteiger partial charge in [0, 0.05) is 16.6 Å². The number of fused-ring (bicyclic) bond motifs is 1. The second kappa shape index (κ2) is 10.2. The van der Waals surface area contributed by atoms with Gasteiger partial charge in [-0.2, -0.15) is 0 Å². The molecule has 0 unspecified atom stereocenters. The van der Waals surface area contributed by atoms with Crippen molar-refractivity contribution < 1.29 is 23.9 Å². The van der Waals surface area contributed by atoms with E-state index in [4.69, 9.17) is 9.47 Å². The normalized spacial score (nSPS) is 15.7. The fourth-order valence-electron chi connectivity index (χ4n) is 3.14. The molecule has 1 N–H and O–H groups in total. The van der Waals surface area contributed by atoms with Crippen molar-refractivity contribution in [1.82, 2.24) is 5.32 Å². The predicted molar refractivity (Wildman–Crippen MR) is 115 cm³/mol. The first-order valence-electron chi connectivity index (χ1n) is 9.64. The molecule has 1 heterocycles. The van der Waals surface area contributed by atoms with Gasteiger partial charge in [-0.15, -0.1) is 11.8 Å². The van der Waals surface area contributed by atoms with E-state index in [1.807, 2.05) is 48.5 Å². The first kappa shape index (κ1) is 21.7. The Hall–Kier alpha value is -3.00. The first-order chi connectivity index (χ1) is 14.5. The fourth-order valence-corrected chi connectivity index (χ4v) is 4.42. The molecular formula is C22H24N2O5S. The van der Waals surface area contributed by atoms with Gasteiger partial charge in [0.05, 0.1) is 19.4 Å². The van der Waals surface area contributed by atoms with Crippen LogP contribution in [0.4, 0.5) is 5.69 Å². The number of anilines is 1. The molecule has 0 aromatic heterocycles. The van der Waals surface area contributed by atoms with Gasteiger partial charge < -0.3 is 19.7 Å². The van der Waals surface area contributed by atoms with Crippen LogP contribution >= 0.6 is 11.8 Å². The molecule has 8 heteroatoms. The van der Waals surface area contributed by atoms with Crippen molar-refractivity contribution in [2.24, 2.45) is 0 Å². The van der Waals surface area contributed by atoms with E-state index in [0.717, 1.165) is 16.2 Å². The summed E-state index contributed by atoms with van der Waals surface area (Å²) in [4.78, 5) is 39.3. The summed E-state index contributed by atoms with van der Waals surface area (Å²) in [6.45, 7) is 1.56. The number of esters is 1. The van der Waals surface area contributed by atoms with E-state index in [1.165, 1.54) is 4.90 Å². The Balaban J connectivity index is 1.78. The molecular weight excluding hydrogens is 404 g/mol. The molecule has 0 radical (unpaired) electrons. The van der Waals surface area contributed by atoms with Crippen LogP contribution in [-0.2, 0) is 19.1 Å². The molecule has 1 aliphatic heterocycles. The number of amides is 2. The number of carbonyl (C=O) groups excluding carboxylic acids is 3. The van der Waals surface area contributed by atoms with E-state index in [9.17, 15) is 14.4 Å². The summed E-state index contributed by atoms with van der Waals surface area (Å²) in [7, 11) is 1.61. The summed E-state index contributed by atoms with van der Waals surface area (Å²) in [5.41, 5.74) is 1.70. The number of nitrogens with zero attached hydrogens (tertiary/aromatic N) is 1. The lowest BCUT2D eigenvalue weighted by molar-refractivity contribution is -0.143. The number of para-hydroxylation sites is 1. The number of nitrogens with one attached hydrogen (secondary N) is 1. The van der Waals surface area contributed by atoms with E-state index in [1.54, 1.807) is 25.8 Å². The van der Waals surface area contributed by atoms with Gasteiger partial charge in [0.1, 0.15) is 18.8 Å². The highest BCUT2D eigenvalue weighted by atomic mass is 32.2. The van der Waals surface area contributed by atoms with Crippen molar-refractivity contribution in [3.8, 4) is 5.75 Å². The molecule has 0 aliphatic carbocycles. The molecule has 30 heavy (non-hydrogen) atoms. The van der Waals surface area contributed by atoms with Crippen molar-refractivity contribution in [2.45, 2.75) is 23.5 Å². The SMILES string of the molecule is CCOC(=O)CNC(=O)CN1C(=O)C[C@@H](c2ccc(OC)cc2)Sc2ccccc21. The third kappa shape index (κ3) is 5.33. The summed E-state index contributed by atoms with van der Waals surface area (Å²) in [5, 5.41) is 2.43. The monoisotopic (exact) mass is 428 g/mol. The second-order valence-corrected chi connectivity index (χ2v) is 7.86. The van der Waals surface area contributed by atoms with Crippen LogP contribution in [0.25, 0.3) is 0 Å². The Morgan fingerprint density at radius 3 is 2.60 bits per heavy atom. The van der Waals surface area contributed by atoms with Crippen LogP contribution in [0.5, 0.6) is 5.75 Å². The minimum Gasteiger partial charge on any atom is -0.497 e. The number of hydrogen-bond acceptors (Lipinski definition) is 6. The molecule has 0 saturated carbocycles. The molecule has 3 rings (SSSR count). The van der Waals surface area contributed by atoms with Gasteiger partial charge in [-0.1, -0.05) is 24.3 Å². The smallest absolute Gasteiger partial charge is 0.325 e. The standard InChI is InChI=1S/C22H24N2O5S/c1-3-29-22(27)13-23-20(25)14-24-17-6-4-5-7-18(17)30-19(12-21(24)26)15-8-10-16(28-2)11-9-15/h4-11,19H,3,12-14H2,1-2H3,(H,23,25)/t19-/m0/s1. The Morgan fingerprint density at radius 2 is 1.90 bits per heavy atom. The molecule has 2 aromatic rings. The lowest BCUT2D eigenvalue weighted by Crippen LogP contribution is -2.42. The van der Waals surface area contributed by atoms with Gasteiger partial charge in [0.15, 0.2) is 0 Å². The maximum absolute atomic E-state index is 13.1. The molecule has 0 fully saturated rings. The summed E-state index contributed by atoms with van der Waals surface area (Å²) in [6, 6.07) is 15.2. The van der Waals surface area contributed by atoms with Gasteiger partial charge in [0.2, 0.25) is 11.8 Å². The number of benzene rings is 2. The zero-order chi connectivity index (χ0) is 21.5. The maximum atomic E-state index is 13.1. The quantitative estimate of drug-likeness (QED) is 0.683. The zero-order valence-electron chi connectivity index (χ0n) is 16.9. The maximum Gasteiger partial charge on any atom is 0.325 e. The van der Waals surface area contributed by atoms with Crippen LogP contribution in [0.1, 0.15) is 24.2 Å². The van der Waals surface area contributed by atoms with Gasteiger partial charge in [-0.05, 0) is 36.8 Å². The van der Waals surface area contributed by atoms with E-state index in [2.05, 4.69) is 5.32 Å². The predicted octanol–water partition coefficient (Wildman–Crippen LogP) is 2.94. The summed E-state index contributed by atoms with van der Waals surface area (Å²) in [6.07, 6.45) is 0.247. The number of thioether (sulfide) groups is 1. The third-order valence-corrected chi connectivity index (χ3v) is 5.93. The van der Waals surface area contributed by atoms with Crippen LogP contribution in [0.15, 0.2) is 53.4 Å². The van der Waals surface area contributed by atoms with E-state index in [0.29, 0.717) is 5.69 Å². The minimum atomic E-state index is -0.511. The summed E-state index contributed by atoms with van der Waals surface area (Å²) >= 11 is 1.59. The zero-order valence-corrected chi connectivity index (χ0v) is 17.7. The largest absolute Gasteiger partial charge is 0.497 e. The van der Waals surface area contributed by atoms with Gasteiger partial charge in [-0.3, -0.25) is 14.4 Å². The first-order valence-corrected chi connectivity index (χ1v) is 10.5. The molecule has 2 aromatic carbocycles. The Labute approximate surface area is 179 Å². The molecule has 0 spiro atoms. The second-order valence-electron chi connectivity index (χ2n) is 6.61. The number of methoxy groups -OCH3 is 1. The molecule has 7 nitrogen and oxygen atoms in total. The number of rotatable bonds is 7. The number of hydrogen-bond donors (Lipinski definition) is 1. The molecule has 0 saturated heterocycles. The summed E-state index contributed by atoms with van der Waals surface area (Å²) < 4.78 is 10.0. The van der Waals surface area contributed by atoms with Crippen molar-refractivity contribution in [3.63, 3.8) is 0 Å². The van der Waals surface area contributed by atoms with Crippen molar-refractivity contribution in [3.05, 3.63) is 54.1 Å².